The van der Waals surface area contributed by atoms with E-state index in [1.54, 1.807) is 34.1 Å². The van der Waals surface area contributed by atoms with Gasteiger partial charge in [0.1, 0.15) is 0 Å². The fourth-order valence-electron chi connectivity index (χ4n) is 4.39. The van der Waals surface area contributed by atoms with E-state index in [-0.39, 0.29) is 18.9 Å². The predicted molar refractivity (Wildman–Crippen MR) is 101 cm³/mol. The first kappa shape index (κ1) is 19.8. The number of alkyl halides is 2. The van der Waals surface area contributed by atoms with Gasteiger partial charge in [0.15, 0.2) is 0 Å². The van der Waals surface area contributed by atoms with Crippen LogP contribution in [-0.2, 0) is 4.79 Å². The van der Waals surface area contributed by atoms with Gasteiger partial charge in [-0.05, 0) is 49.9 Å². The summed E-state index contributed by atoms with van der Waals surface area (Å²) in [7, 11) is 0. The van der Waals surface area contributed by atoms with Gasteiger partial charge < -0.3 is 4.90 Å². The highest BCUT2D eigenvalue weighted by Gasteiger charge is 2.55. The molecule has 1 amide bonds. The van der Waals surface area contributed by atoms with Crippen LogP contribution >= 0.6 is 0 Å². The maximum atomic E-state index is 14.6. The van der Waals surface area contributed by atoms with Gasteiger partial charge in [0, 0.05) is 25.2 Å². The molecule has 146 valence electrons. The Morgan fingerprint density at radius 2 is 2.07 bits per heavy atom. The van der Waals surface area contributed by atoms with Crippen LogP contribution in [0.4, 0.5) is 14.5 Å². The van der Waals surface area contributed by atoms with E-state index in [1.807, 2.05) is 0 Å². The number of piperidine rings is 2. The summed E-state index contributed by atoms with van der Waals surface area (Å²) in [6, 6.07) is 8.91. The summed E-state index contributed by atoms with van der Waals surface area (Å²) in [6.07, 6.45) is 1.64. The third-order valence-corrected chi connectivity index (χ3v) is 5.62. The van der Waals surface area contributed by atoms with Gasteiger partial charge in [0.25, 0.3) is 5.92 Å². The molecular formula is C21H27F2N3O. The summed E-state index contributed by atoms with van der Waals surface area (Å²) in [5.41, 5.74) is 0.0489. The van der Waals surface area contributed by atoms with Crippen LogP contribution in [0.15, 0.2) is 24.3 Å². The molecular weight excluding hydrogens is 348 g/mol. The largest absolute Gasteiger partial charge is 0.312 e. The SMILES string of the molecule is CC(C)CCN1CC(F)(F)C[C@]2(CCCN(c3cccc(C#N)c3)C2=O)C1. The van der Waals surface area contributed by atoms with Gasteiger partial charge in [-0.1, -0.05) is 19.9 Å². The maximum Gasteiger partial charge on any atom is 0.261 e. The second kappa shape index (κ2) is 7.55. The zero-order valence-corrected chi connectivity index (χ0v) is 16.0. The van der Waals surface area contributed by atoms with Gasteiger partial charge in [0.05, 0.1) is 23.6 Å². The van der Waals surface area contributed by atoms with Crippen molar-refractivity contribution in [1.29, 1.82) is 5.26 Å². The van der Waals surface area contributed by atoms with Crippen LogP contribution < -0.4 is 4.90 Å². The first-order chi connectivity index (χ1) is 12.7. The monoisotopic (exact) mass is 375 g/mol. The minimum absolute atomic E-state index is 0.224. The Labute approximate surface area is 159 Å². The van der Waals surface area contributed by atoms with Crippen LogP contribution in [-0.4, -0.2) is 42.9 Å². The van der Waals surface area contributed by atoms with E-state index in [2.05, 4.69) is 19.9 Å². The van der Waals surface area contributed by atoms with Crippen LogP contribution in [0.3, 0.4) is 0 Å². The van der Waals surface area contributed by atoms with Crippen molar-refractivity contribution in [3.8, 4) is 6.07 Å². The second-order valence-corrected chi connectivity index (χ2v) is 8.43. The summed E-state index contributed by atoms with van der Waals surface area (Å²) in [4.78, 5) is 16.7. The number of anilines is 1. The molecule has 0 unspecified atom stereocenters. The highest BCUT2D eigenvalue weighted by atomic mass is 19.3. The molecule has 2 aliphatic heterocycles. The van der Waals surface area contributed by atoms with Crippen molar-refractivity contribution in [1.82, 2.24) is 4.90 Å². The number of hydrogen-bond acceptors (Lipinski definition) is 3. The highest BCUT2D eigenvalue weighted by molar-refractivity contribution is 5.98. The molecule has 27 heavy (non-hydrogen) atoms. The van der Waals surface area contributed by atoms with Gasteiger partial charge >= 0.3 is 0 Å². The fourth-order valence-corrected chi connectivity index (χ4v) is 4.39. The molecule has 1 aromatic carbocycles. The van der Waals surface area contributed by atoms with Gasteiger partial charge in [-0.2, -0.15) is 5.26 Å². The van der Waals surface area contributed by atoms with Gasteiger partial charge in [-0.25, -0.2) is 8.78 Å². The van der Waals surface area contributed by atoms with Gasteiger partial charge in [-0.15, -0.1) is 0 Å². The Bertz CT molecular complexity index is 743. The molecule has 4 nitrogen and oxygen atoms in total. The van der Waals surface area contributed by atoms with Crippen molar-refractivity contribution in [2.45, 2.75) is 45.5 Å². The fraction of sp³-hybridized carbons (Fsp3) is 0.619. The summed E-state index contributed by atoms with van der Waals surface area (Å²) < 4.78 is 29.1. The minimum atomic E-state index is -2.86. The van der Waals surface area contributed by atoms with Crippen molar-refractivity contribution in [3.05, 3.63) is 29.8 Å². The molecule has 1 spiro atoms. The zero-order chi connectivity index (χ0) is 19.7. The normalized spacial score (nSPS) is 25.8. The van der Waals surface area contributed by atoms with E-state index in [9.17, 15) is 13.6 Å². The molecule has 2 heterocycles. The first-order valence-corrected chi connectivity index (χ1v) is 9.67. The second-order valence-electron chi connectivity index (χ2n) is 8.43. The average molecular weight is 375 g/mol. The smallest absolute Gasteiger partial charge is 0.261 e. The number of carbonyl (C=O) groups excluding carboxylic acids is 1. The van der Waals surface area contributed by atoms with Gasteiger partial charge in [0.2, 0.25) is 5.91 Å². The number of benzene rings is 1. The van der Waals surface area contributed by atoms with Crippen molar-refractivity contribution in [2.24, 2.45) is 11.3 Å². The average Bonchev–Trinajstić information content (AvgIpc) is 2.61. The van der Waals surface area contributed by atoms with Crippen LogP contribution in [0.1, 0.15) is 45.1 Å². The van der Waals surface area contributed by atoms with Crippen molar-refractivity contribution in [3.63, 3.8) is 0 Å². The molecule has 0 N–H and O–H groups in total. The lowest BCUT2D eigenvalue weighted by atomic mass is 9.71. The molecule has 1 atom stereocenters. The molecule has 0 aliphatic carbocycles. The lowest BCUT2D eigenvalue weighted by molar-refractivity contribution is -0.154. The molecule has 3 rings (SSSR count). The van der Waals surface area contributed by atoms with Crippen LogP contribution in [0.5, 0.6) is 0 Å². The Kier molecular flexibility index (Phi) is 5.53. The third kappa shape index (κ3) is 4.30. The molecule has 2 aliphatic rings. The highest BCUT2D eigenvalue weighted by Crippen LogP contribution is 2.46. The van der Waals surface area contributed by atoms with E-state index in [4.69, 9.17) is 5.26 Å². The summed E-state index contributed by atoms with van der Waals surface area (Å²) in [5, 5.41) is 9.12. The number of amides is 1. The predicted octanol–water partition coefficient (Wildman–Crippen LogP) is 4.06. The lowest BCUT2D eigenvalue weighted by Gasteiger charge is -2.49. The molecule has 0 aromatic heterocycles. The molecule has 0 radical (unpaired) electrons. The Morgan fingerprint density at radius 1 is 1.30 bits per heavy atom. The topological polar surface area (TPSA) is 47.3 Å². The number of halogens is 2. The zero-order valence-electron chi connectivity index (χ0n) is 16.0. The van der Waals surface area contributed by atoms with Crippen molar-refractivity contribution < 1.29 is 13.6 Å². The van der Waals surface area contributed by atoms with E-state index < -0.39 is 11.3 Å². The number of nitrogens with zero attached hydrogens (tertiary/aromatic N) is 3. The molecule has 0 bridgehead atoms. The summed E-state index contributed by atoms with van der Waals surface area (Å²) >= 11 is 0. The summed E-state index contributed by atoms with van der Waals surface area (Å²) in [6.45, 7) is 5.38. The minimum Gasteiger partial charge on any atom is -0.312 e. The van der Waals surface area contributed by atoms with Crippen LogP contribution in [0, 0.1) is 22.7 Å². The van der Waals surface area contributed by atoms with E-state index in [1.165, 1.54) is 0 Å². The number of likely N-dealkylation sites (tertiary alicyclic amines) is 1. The number of hydrogen-bond donors (Lipinski definition) is 0. The standard InChI is InChI=1S/C21H27F2N3O/c1-16(2)7-10-25-14-20(13-21(22,23)15-25)8-4-9-26(19(20)27)18-6-3-5-17(11-18)12-24/h3,5-6,11,16H,4,7-10,13-15H2,1-2H3/t20-/m1/s1. The molecule has 2 fully saturated rings. The molecule has 6 heteroatoms. The number of rotatable bonds is 4. The Morgan fingerprint density at radius 3 is 2.78 bits per heavy atom. The number of carbonyl (C=O) groups is 1. The molecule has 0 saturated carbocycles. The van der Waals surface area contributed by atoms with Crippen LogP contribution in [0.2, 0.25) is 0 Å². The quantitative estimate of drug-likeness (QED) is 0.797. The van der Waals surface area contributed by atoms with E-state index >= 15 is 0 Å². The van der Waals surface area contributed by atoms with Gasteiger partial charge in [-0.3, -0.25) is 9.69 Å². The molecule has 2 saturated heterocycles. The Balaban J connectivity index is 1.86. The third-order valence-electron chi connectivity index (χ3n) is 5.62. The van der Waals surface area contributed by atoms with E-state index in [0.717, 1.165) is 6.42 Å². The van der Waals surface area contributed by atoms with E-state index in [0.29, 0.717) is 49.6 Å². The lowest BCUT2D eigenvalue weighted by Crippen LogP contribution is -2.61. The molecule has 1 aromatic rings. The maximum absolute atomic E-state index is 14.6. The van der Waals surface area contributed by atoms with Crippen molar-refractivity contribution >= 4 is 11.6 Å². The summed E-state index contributed by atoms with van der Waals surface area (Å²) in [5.74, 6) is -2.65. The van der Waals surface area contributed by atoms with Crippen molar-refractivity contribution in [2.75, 3.05) is 31.1 Å². The van der Waals surface area contributed by atoms with Crippen LogP contribution in [0.25, 0.3) is 0 Å². The first-order valence-electron chi connectivity index (χ1n) is 9.67. The number of nitriles is 1. The Hall–Kier alpha value is -2.00.